The Hall–Kier alpha value is -1.15. The molecule has 0 aliphatic rings. The fourth-order valence-electron chi connectivity index (χ4n) is 1.94. The first-order valence-electron chi connectivity index (χ1n) is 6.53. The first-order chi connectivity index (χ1) is 8.27. The van der Waals surface area contributed by atoms with Crippen LogP contribution in [0.3, 0.4) is 0 Å². The van der Waals surface area contributed by atoms with E-state index in [1.54, 1.807) is 0 Å². The van der Waals surface area contributed by atoms with Gasteiger partial charge in [-0.25, -0.2) is 0 Å². The fraction of sp³-hybridized carbons (Fsp3) is 0.533. The van der Waals surface area contributed by atoms with Crippen LogP contribution in [-0.4, -0.2) is 11.5 Å². The van der Waals surface area contributed by atoms with Gasteiger partial charge in [-0.05, 0) is 50.3 Å². The topological polar surface area (TPSA) is 24.9 Å². The van der Waals surface area contributed by atoms with Crippen LogP contribution in [0.4, 0.5) is 0 Å². The average Bonchev–Trinajstić information content (AvgIpc) is 2.33. The largest absolute Gasteiger partial charge is 0.310 e. The normalized spacial score (nSPS) is 12.4. The van der Waals surface area contributed by atoms with E-state index in [2.05, 4.69) is 36.8 Å². The second kappa shape index (κ2) is 8.02. The summed E-state index contributed by atoms with van der Waals surface area (Å²) < 4.78 is 0. The first kappa shape index (κ1) is 13.9. The van der Waals surface area contributed by atoms with Crippen LogP contribution in [0.15, 0.2) is 31.1 Å². The van der Waals surface area contributed by atoms with Gasteiger partial charge in [0.05, 0.1) is 0 Å². The molecule has 0 spiro atoms. The van der Waals surface area contributed by atoms with Crippen molar-refractivity contribution >= 4 is 0 Å². The molecule has 1 aromatic heterocycles. The minimum Gasteiger partial charge on any atom is -0.310 e. The number of rotatable bonds is 8. The zero-order chi connectivity index (χ0) is 12.5. The zero-order valence-corrected chi connectivity index (χ0v) is 11.1. The van der Waals surface area contributed by atoms with Gasteiger partial charge < -0.3 is 5.32 Å². The maximum absolute atomic E-state index is 4.28. The van der Waals surface area contributed by atoms with Crippen molar-refractivity contribution in [2.45, 2.75) is 45.6 Å². The number of pyridine rings is 1. The van der Waals surface area contributed by atoms with Crippen molar-refractivity contribution in [2.75, 3.05) is 6.54 Å². The number of aryl methyl sites for hydroxylation is 1. The fourth-order valence-corrected chi connectivity index (χ4v) is 1.94. The van der Waals surface area contributed by atoms with Crippen LogP contribution >= 0.6 is 0 Å². The molecule has 0 radical (unpaired) electrons. The van der Waals surface area contributed by atoms with Crippen molar-refractivity contribution in [3.05, 3.63) is 42.2 Å². The summed E-state index contributed by atoms with van der Waals surface area (Å²) >= 11 is 0. The van der Waals surface area contributed by atoms with Crippen molar-refractivity contribution in [1.82, 2.24) is 10.3 Å². The van der Waals surface area contributed by atoms with E-state index in [1.807, 2.05) is 18.5 Å². The summed E-state index contributed by atoms with van der Waals surface area (Å²) in [6.45, 7) is 9.13. The van der Waals surface area contributed by atoms with Crippen molar-refractivity contribution in [1.29, 1.82) is 0 Å². The van der Waals surface area contributed by atoms with Gasteiger partial charge in [-0.15, -0.1) is 6.58 Å². The van der Waals surface area contributed by atoms with E-state index < -0.39 is 0 Å². The van der Waals surface area contributed by atoms with Crippen LogP contribution in [0.1, 0.15) is 49.8 Å². The molecule has 0 bridgehead atoms. The summed E-state index contributed by atoms with van der Waals surface area (Å²) in [7, 11) is 0. The van der Waals surface area contributed by atoms with Crippen molar-refractivity contribution in [3.8, 4) is 0 Å². The van der Waals surface area contributed by atoms with Crippen LogP contribution in [-0.2, 0) is 0 Å². The quantitative estimate of drug-likeness (QED) is 0.545. The van der Waals surface area contributed by atoms with Gasteiger partial charge >= 0.3 is 0 Å². The molecular formula is C15H24N2. The molecule has 0 aliphatic heterocycles. The molecule has 0 aliphatic carbocycles. The summed E-state index contributed by atoms with van der Waals surface area (Å²) in [5.41, 5.74) is 2.54. The van der Waals surface area contributed by atoms with E-state index in [0.29, 0.717) is 6.04 Å². The molecule has 0 fully saturated rings. The Balaban J connectivity index is 2.63. The summed E-state index contributed by atoms with van der Waals surface area (Å²) in [5, 5.41) is 3.60. The van der Waals surface area contributed by atoms with E-state index in [9.17, 15) is 0 Å². The number of nitrogens with zero attached hydrogens (tertiary/aromatic N) is 1. The number of unbranched alkanes of at least 4 members (excludes halogenated alkanes) is 1. The van der Waals surface area contributed by atoms with Gasteiger partial charge in [0, 0.05) is 18.4 Å². The van der Waals surface area contributed by atoms with E-state index >= 15 is 0 Å². The van der Waals surface area contributed by atoms with Crippen molar-refractivity contribution < 1.29 is 0 Å². The maximum Gasteiger partial charge on any atom is 0.0335 e. The lowest BCUT2D eigenvalue weighted by Gasteiger charge is -2.18. The summed E-state index contributed by atoms with van der Waals surface area (Å²) in [5.74, 6) is 0. The highest BCUT2D eigenvalue weighted by atomic mass is 14.9. The molecular weight excluding hydrogens is 208 g/mol. The minimum absolute atomic E-state index is 0.433. The Morgan fingerprint density at radius 1 is 1.47 bits per heavy atom. The molecule has 1 heterocycles. The average molecular weight is 232 g/mol. The number of allylic oxidation sites excluding steroid dienone is 1. The van der Waals surface area contributed by atoms with E-state index in [-0.39, 0.29) is 0 Å². The van der Waals surface area contributed by atoms with Gasteiger partial charge in [-0.3, -0.25) is 4.98 Å². The molecule has 1 atom stereocenters. The van der Waals surface area contributed by atoms with E-state index in [4.69, 9.17) is 0 Å². The standard InChI is InChI=1S/C15H24N2/c1-4-6-7-8-15(17-9-5-2)14-10-13(3)11-16-12-14/h4,10-12,15,17H,1,5-9H2,2-3H3. The molecule has 94 valence electrons. The maximum atomic E-state index is 4.28. The molecule has 1 N–H and O–H groups in total. The predicted molar refractivity (Wildman–Crippen MR) is 74.1 cm³/mol. The second-order valence-corrected chi connectivity index (χ2v) is 4.52. The Morgan fingerprint density at radius 3 is 2.94 bits per heavy atom. The molecule has 0 saturated carbocycles. The van der Waals surface area contributed by atoms with Gasteiger partial charge in [-0.1, -0.05) is 19.1 Å². The van der Waals surface area contributed by atoms with Crippen LogP contribution in [0, 0.1) is 6.92 Å². The number of nitrogens with one attached hydrogen (secondary N) is 1. The monoisotopic (exact) mass is 232 g/mol. The summed E-state index contributed by atoms with van der Waals surface area (Å²) in [6.07, 6.45) is 10.5. The van der Waals surface area contributed by atoms with Gasteiger partial charge in [0.15, 0.2) is 0 Å². The second-order valence-electron chi connectivity index (χ2n) is 4.52. The Kier molecular flexibility index (Phi) is 6.56. The summed E-state index contributed by atoms with van der Waals surface area (Å²) in [6, 6.07) is 2.66. The molecule has 0 aromatic carbocycles. The third kappa shape index (κ3) is 5.14. The van der Waals surface area contributed by atoms with Crippen molar-refractivity contribution in [3.63, 3.8) is 0 Å². The summed E-state index contributed by atoms with van der Waals surface area (Å²) in [4.78, 5) is 4.28. The van der Waals surface area contributed by atoms with Gasteiger partial charge in [-0.2, -0.15) is 0 Å². The Morgan fingerprint density at radius 2 is 2.29 bits per heavy atom. The van der Waals surface area contributed by atoms with Crippen LogP contribution in [0.25, 0.3) is 0 Å². The lowest BCUT2D eigenvalue weighted by molar-refractivity contribution is 0.485. The molecule has 2 heteroatoms. The molecule has 17 heavy (non-hydrogen) atoms. The highest BCUT2D eigenvalue weighted by Gasteiger charge is 2.10. The molecule has 0 amide bonds. The number of hydrogen-bond acceptors (Lipinski definition) is 2. The van der Waals surface area contributed by atoms with Gasteiger partial charge in [0.25, 0.3) is 0 Å². The highest BCUT2D eigenvalue weighted by Crippen LogP contribution is 2.19. The van der Waals surface area contributed by atoms with Crippen LogP contribution in [0.2, 0.25) is 0 Å². The Bertz CT molecular complexity index is 333. The molecule has 0 saturated heterocycles. The van der Waals surface area contributed by atoms with E-state index in [0.717, 1.165) is 25.8 Å². The smallest absolute Gasteiger partial charge is 0.0335 e. The number of hydrogen-bond donors (Lipinski definition) is 1. The minimum atomic E-state index is 0.433. The number of aromatic nitrogens is 1. The van der Waals surface area contributed by atoms with Crippen LogP contribution < -0.4 is 5.32 Å². The highest BCUT2D eigenvalue weighted by molar-refractivity contribution is 5.20. The Labute approximate surface area is 105 Å². The van der Waals surface area contributed by atoms with Crippen LogP contribution in [0.5, 0.6) is 0 Å². The third-order valence-corrected chi connectivity index (χ3v) is 2.84. The molecule has 1 aromatic rings. The lowest BCUT2D eigenvalue weighted by Crippen LogP contribution is -2.22. The van der Waals surface area contributed by atoms with E-state index in [1.165, 1.54) is 17.5 Å². The first-order valence-corrected chi connectivity index (χ1v) is 6.53. The SMILES string of the molecule is C=CCCCC(NCCC)c1cncc(C)c1. The lowest BCUT2D eigenvalue weighted by atomic mass is 10.0. The molecule has 1 unspecified atom stereocenters. The van der Waals surface area contributed by atoms with Gasteiger partial charge in [0.1, 0.15) is 0 Å². The third-order valence-electron chi connectivity index (χ3n) is 2.84. The molecule has 2 nitrogen and oxygen atoms in total. The molecule has 1 rings (SSSR count). The predicted octanol–water partition coefficient (Wildman–Crippen LogP) is 3.79. The van der Waals surface area contributed by atoms with Gasteiger partial charge in [0.2, 0.25) is 0 Å². The van der Waals surface area contributed by atoms with Crippen molar-refractivity contribution in [2.24, 2.45) is 0 Å². The zero-order valence-electron chi connectivity index (χ0n) is 11.1.